The summed E-state index contributed by atoms with van der Waals surface area (Å²) >= 11 is 0. The molecule has 1 saturated heterocycles. The third-order valence-corrected chi connectivity index (χ3v) is 6.02. The van der Waals surface area contributed by atoms with Crippen LogP contribution in [0.3, 0.4) is 0 Å². The number of carbonyl (C=O) groups is 1. The van der Waals surface area contributed by atoms with Gasteiger partial charge in [0, 0.05) is 38.1 Å². The second-order valence-electron chi connectivity index (χ2n) is 7.85. The van der Waals surface area contributed by atoms with Crippen molar-refractivity contribution in [2.75, 3.05) is 39.9 Å². The first-order chi connectivity index (χ1) is 13.7. The molecule has 1 aromatic heterocycles. The highest BCUT2D eigenvalue weighted by molar-refractivity contribution is 6.06. The largest absolute Gasteiger partial charge is 0.395 e. The van der Waals surface area contributed by atoms with Crippen LogP contribution in [0, 0.1) is 0 Å². The highest BCUT2D eigenvalue weighted by Crippen LogP contribution is 2.30. The number of likely N-dealkylation sites (N-methyl/N-ethyl adjacent to an activating group) is 1. The van der Waals surface area contributed by atoms with E-state index in [1.807, 2.05) is 30.3 Å². The molecule has 4 rings (SSSR count). The Bertz CT molecular complexity index is 835. The molecule has 0 spiro atoms. The van der Waals surface area contributed by atoms with E-state index in [2.05, 4.69) is 4.90 Å². The minimum atomic E-state index is -0.117. The second kappa shape index (κ2) is 8.55. The van der Waals surface area contributed by atoms with Crippen LogP contribution in [0.4, 0.5) is 0 Å². The molecule has 2 heterocycles. The van der Waals surface area contributed by atoms with Gasteiger partial charge in [-0.25, -0.2) is 4.98 Å². The average molecular weight is 383 g/mol. The molecule has 1 saturated carbocycles. The third-order valence-electron chi connectivity index (χ3n) is 6.02. The van der Waals surface area contributed by atoms with Crippen LogP contribution >= 0.6 is 0 Å². The molecule has 1 aliphatic carbocycles. The van der Waals surface area contributed by atoms with Crippen molar-refractivity contribution in [1.29, 1.82) is 0 Å². The van der Waals surface area contributed by atoms with Gasteiger partial charge in [-0.1, -0.05) is 31.0 Å². The molecule has 1 amide bonds. The van der Waals surface area contributed by atoms with Gasteiger partial charge >= 0.3 is 0 Å². The molecule has 1 N–H and O–H groups in total. The maximum absolute atomic E-state index is 13.0. The van der Waals surface area contributed by atoms with Crippen LogP contribution in [0.15, 0.2) is 30.3 Å². The quantitative estimate of drug-likeness (QED) is 0.860. The van der Waals surface area contributed by atoms with Gasteiger partial charge in [0.2, 0.25) is 0 Å². The Morgan fingerprint density at radius 1 is 1.32 bits per heavy atom. The number of nitrogens with zero attached hydrogens (tertiary/aromatic N) is 3. The Balaban J connectivity index is 1.66. The fourth-order valence-electron chi connectivity index (χ4n) is 4.44. The summed E-state index contributed by atoms with van der Waals surface area (Å²) in [7, 11) is 1.71. The molecular formula is C22H29N3O3. The number of morpholine rings is 1. The van der Waals surface area contributed by atoms with Crippen molar-refractivity contribution in [2.24, 2.45) is 0 Å². The van der Waals surface area contributed by atoms with Gasteiger partial charge in [-0.2, -0.15) is 0 Å². The maximum atomic E-state index is 13.0. The van der Waals surface area contributed by atoms with E-state index < -0.39 is 0 Å². The lowest BCUT2D eigenvalue weighted by atomic mass is 10.0. The molecule has 6 nitrogen and oxygen atoms in total. The minimum absolute atomic E-state index is 0.0554. The fourth-order valence-corrected chi connectivity index (χ4v) is 4.44. The number of carbonyl (C=O) groups excluding carboxylic acids is 1. The summed E-state index contributed by atoms with van der Waals surface area (Å²) < 4.78 is 6.08. The molecule has 1 unspecified atom stereocenters. The molecule has 28 heavy (non-hydrogen) atoms. The van der Waals surface area contributed by atoms with Gasteiger partial charge in [0.15, 0.2) is 0 Å². The normalized spacial score (nSPS) is 21.3. The van der Waals surface area contributed by atoms with Crippen LogP contribution in [-0.2, 0) is 4.74 Å². The van der Waals surface area contributed by atoms with Gasteiger partial charge in [0.1, 0.15) is 6.10 Å². The molecule has 0 radical (unpaired) electrons. The Kier molecular flexibility index (Phi) is 5.90. The lowest BCUT2D eigenvalue weighted by Gasteiger charge is -2.36. The molecule has 2 fully saturated rings. The monoisotopic (exact) mass is 383 g/mol. The number of pyridine rings is 1. The number of aliphatic hydroxyl groups excluding tert-OH is 1. The van der Waals surface area contributed by atoms with E-state index in [4.69, 9.17) is 9.72 Å². The van der Waals surface area contributed by atoms with Crippen molar-refractivity contribution in [3.8, 4) is 0 Å². The van der Waals surface area contributed by atoms with Crippen LogP contribution in [0.1, 0.15) is 47.8 Å². The standard InChI is InChI=1S/C22H29N3O3/c1-24(10-12-26)22(27)18-14-20(23-19-9-5-4-8-17(18)19)21-15-25(11-13-28-21)16-6-2-3-7-16/h4-5,8-9,14,16,21,26H,2-3,6-7,10-13,15H2,1H3. The van der Waals surface area contributed by atoms with Crippen LogP contribution in [0.5, 0.6) is 0 Å². The Morgan fingerprint density at radius 2 is 2.11 bits per heavy atom. The molecule has 1 atom stereocenters. The van der Waals surface area contributed by atoms with Crippen molar-refractivity contribution in [1.82, 2.24) is 14.8 Å². The third kappa shape index (κ3) is 3.90. The number of ether oxygens (including phenoxy) is 1. The summed E-state index contributed by atoms with van der Waals surface area (Å²) in [6.07, 6.45) is 5.06. The van der Waals surface area contributed by atoms with Crippen LogP contribution < -0.4 is 0 Å². The molecule has 2 aliphatic rings. The topological polar surface area (TPSA) is 65.9 Å². The average Bonchev–Trinajstić information content (AvgIpc) is 3.28. The molecule has 1 aliphatic heterocycles. The van der Waals surface area contributed by atoms with Crippen molar-refractivity contribution >= 4 is 16.8 Å². The summed E-state index contributed by atoms with van der Waals surface area (Å²) in [4.78, 5) is 21.9. The highest BCUT2D eigenvalue weighted by atomic mass is 16.5. The number of aliphatic hydroxyl groups is 1. The van der Waals surface area contributed by atoms with E-state index in [-0.39, 0.29) is 18.6 Å². The van der Waals surface area contributed by atoms with Gasteiger partial charge in [-0.15, -0.1) is 0 Å². The molecule has 2 aromatic rings. The fraction of sp³-hybridized carbons (Fsp3) is 0.545. The zero-order valence-electron chi connectivity index (χ0n) is 16.5. The number of amides is 1. The van der Waals surface area contributed by atoms with Gasteiger partial charge < -0.3 is 14.7 Å². The van der Waals surface area contributed by atoms with Crippen molar-refractivity contribution < 1.29 is 14.6 Å². The van der Waals surface area contributed by atoms with Crippen LogP contribution in [-0.4, -0.2) is 71.7 Å². The smallest absolute Gasteiger partial charge is 0.254 e. The molecular weight excluding hydrogens is 354 g/mol. The van der Waals surface area contributed by atoms with Crippen LogP contribution in [0.2, 0.25) is 0 Å². The Labute approximate surface area is 166 Å². The lowest BCUT2D eigenvalue weighted by molar-refractivity contribution is -0.0458. The van der Waals surface area contributed by atoms with E-state index in [1.165, 1.54) is 25.7 Å². The summed E-state index contributed by atoms with van der Waals surface area (Å²) in [5.74, 6) is -0.0997. The van der Waals surface area contributed by atoms with E-state index in [0.29, 0.717) is 24.8 Å². The van der Waals surface area contributed by atoms with Gasteiger partial charge in [0.05, 0.1) is 30.0 Å². The predicted molar refractivity (Wildman–Crippen MR) is 108 cm³/mol. The SMILES string of the molecule is CN(CCO)C(=O)c1cc(C2CN(C3CCCC3)CCO2)nc2ccccc12. The van der Waals surface area contributed by atoms with E-state index in [1.54, 1.807) is 11.9 Å². The van der Waals surface area contributed by atoms with Gasteiger partial charge in [-0.05, 0) is 25.0 Å². The lowest BCUT2D eigenvalue weighted by Crippen LogP contribution is -2.43. The first kappa shape index (κ1) is 19.3. The second-order valence-corrected chi connectivity index (χ2v) is 7.85. The van der Waals surface area contributed by atoms with Crippen molar-refractivity contribution in [3.63, 3.8) is 0 Å². The van der Waals surface area contributed by atoms with Crippen molar-refractivity contribution in [3.05, 3.63) is 41.6 Å². The van der Waals surface area contributed by atoms with E-state index in [9.17, 15) is 9.90 Å². The summed E-state index contributed by atoms with van der Waals surface area (Å²) in [6, 6.07) is 10.3. The summed E-state index contributed by atoms with van der Waals surface area (Å²) in [6.45, 7) is 2.75. The molecule has 6 heteroatoms. The molecule has 0 bridgehead atoms. The number of para-hydroxylation sites is 1. The molecule has 150 valence electrons. The first-order valence-electron chi connectivity index (χ1n) is 10.3. The Hall–Kier alpha value is -2.02. The van der Waals surface area contributed by atoms with E-state index in [0.717, 1.165) is 29.7 Å². The number of hydrogen-bond acceptors (Lipinski definition) is 5. The molecule has 1 aromatic carbocycles. The maximum Gasteiger partial charge on any atom is 0.254 e. The predicted octanol–water partition coefficient (Wildman–Crippen LogP) is 2.62. The summed E-state index contributed by atoms with van der Waals surface area (Å²) in [5.41, 5.74) is 2.25. The number of benzene rings is 1. The number of fused-ring (bicyclic) bond motifs is 1. The van der Waals surface area contributed by atoms with E-state index >= 15 is 0 Å². The summed E-state index contributed by atoms with van der Waals surface area (Å²) in [5, 5.41) is 10.0. The minimum Gasteiger partial charge on any atom is -0.395 e. The number of rotatable bonds is 5. The van der Waals surface area contributed by atoms with Crippen molar-refractivity contribution in [2.45, 2.75) is 37.8 Å². The number of aromatic nitrogens is 1. The van der Waals surface area contributed by atoms with Crippen LogP contribution in [0.25, 0.3) is 10.9 Å². The zero-order valence-corrected chi connectivity index (χ0v) is 16.5. The Morgan fingerprint density at radius 3 is 2.89 bits per heavy atom. The zero-order chi connectivity index (χ0) is 19.5. The van der Waals surface area contributed by atoms with Gasteiger partial charge in [0.25, 0.3) is 5.91 Å². The highest BCUT2D eigenvalue weighted by Gasteiger charge is 2.30. The first-order valence-corrected chi connectivity index (χ1v) is 10.3. The van der Waals surface area contributed by atoms with Gasteiger partial charge in [-0.3, -0.25) is 9.69 Å². The number of hydrogen-bond donors (Lipinski definition) is 1.